The van der Waals surface area contributed by atoms with Gasteiger partial charge in [-0.1, -0.05) is 47.6 Å². The van der Waals surface area contributed by atoms with Gasteiger partial charge >= 0.3 is 5.97 Å². The lowest BCUT2D eigenvalue weighted by molar-refractivity contribution is -0.140. The van der Waals surface area contributed by atoms with Crippen LogP contribution in [0.5, 0.6) is 0 Å². The van der Waals surface area contributed by atoms with Crippen molar-refractivity contribution in [2.45, 2.75) is 58.3 Å². The number of aliphatic carboxylic acids is 1. The molecular weight excluding hydrogens is 494 g/mol. The molecule has 0 aliphatic carbocycles. The lowest BCUT2D eigenvalue weighted by atomic mass is 10.1. The summed E-state index contributed by atoms with van der Waals surface area (Å²) in [6.45, 7) is 5.27. The monoisotopic (exact) mass is 525 g/mol. The maximum Gasteiger partial charge on any atom is 0.305 e. The Hall–Kier alpha value is -4.39. The zero-order valence-corrected chi connectivity index (χ0v) is 21.4. The van der Waals surface area contributed by atoms with Crippen molar-refractivity contribution in [1.82, 2.24) is 30.5 Å². The van der Waals surface area contributed by atoms with Gasteiger partial charge in [0.05, 0.1) is 25.6 Å². The molecule has 13 nitrogen and oxygen atoms in total. The number of ketones is 1. The number of hydrogen-bond donors (Lipinski definition) is 4. The molecular formula is C25H31N7O6. The van der Waals surface area contributed by atoms with E-state index < -0.39 is 41.7 Å². The highest BCUT2D eigenvalue weighted by molar-refractivity contribution is 5.94. The zero-order chi connectivity index (χ0) is 27.7. The molecule has 0 aliphatic rings. The van der Waals surface area contributed by atoms with Gasteiger partial charge in [0, 0.05) is 18.4 Å². The van der Waals surface area contributed by atoms with Crippen LogP contribution in [0, 0.1) is 6.92 Å². The standard InChI is InChI=1S/C25H31N7O6/c1-4-20(32-11-10-26-23(25(32)37)28-13-19-16(3)30-38-31-19)24(36)29-18(12-22(34)35)21(33)14-27-15(2)17-8-6-5-7-9-17/h5-11,15,18,20,27H,4,12-14H2,1-3H3,(H,26,28)(H,29,36)(H,34,35). The molecule has 0 bridgehead atoms. The fourth-order valence-electron chi connectivity index (χ4n) is 3.80. The second kappa shape index (κ2) is 13.2. The average Bonchev–Trinajstić information content (AvgIpc) is 3.32. The van der Waals surface area contributed by atoms with E-state index in [0.717, 1.165) is 5.56 Å². The van der Waals surface area contributed by atoms with Crippen molar-refractivity contribution in [1.29, 1.82) is 0 Å². The molecule has 0 aliphatic heterocycles. The van der Waals surface area contributed by atoms with E-state index in [1.165, 1.54) is 17.0 Å². The second-order valence-electron chi connectivity index (χ2n) is 8.70. The Morgan fingerprint density at radius 3 is 2.53 bits per heavy atom. The van der Waals surface area contributed by atoms with E-state index in [1.807, 2.05) is 37.3 Å². The summed E-state index contributed by atoms with van der Waals surface area (Å²) < 4.78 is 5.83. The number of hydrogen-bond acceptors (Lipinski definition) is 10. The molecule has 1 amide bonds. The molecule has 2 aromatic heterocycles. The van der Waals surface area contributed by atoms with Crippen molar-refractivity contribution in [3.05, 3.63) is 70.0 Å². The summed E-state index contributed by atoms with van der Waals surface area (Å²) in [5, 5.41) is 25.2. The van der Waals surface area contributed by atoms with Crippen molar-refractivity contribution in [2.75, 3.05) is 11.9 Å². The predicted molar refractivity (Wildman–Crippen MR) is 136 cm³/mol. The van der Waals surface area contributed by atoms with Crippen LogP contribution in [0.2, 0.25) is 0 Å². The van der Waals surface area contributed by atoms with Crippen LogP contribution in [0.4, 0.5) is 5.82 Å². The third-order valence-corrected chi connectivity index (χ3v) is 6.03. The zero-order valence-electron chi connectivity index (χ0n) is 21.4. The largest absolute Gasteiger partial charge is 0.481 e. The van der Waals surface area contributed by atoms with Crippen LogP contribution in [-0.2, 0) is 20.9 Å². The van der Waals surface area contributed by atoms with Crippen molar-refractivity contribution in [3.8, 4) is 0 Å². The molecule has 3 rings (SSSR count). The Labute approximate surface area is 218 Å². The first-order valence-electron chi connectivity index (χ1n) is 12.1. The third kappa shape index (κ3) is 7.32. The number of aromatic nitrogens is 4. The summed E-state index contributed by atoms with van der Waals surface area (Å²) in [7, 11) is 0. The Kier molecular flexibility index (Phi) is 9.82. The van der Waals surface area contributed by atoms with Crippen molar-refractivity contribution in [3.63, 3.8) is 0 Å². The number of aryl methyl sites for hydroxylation is 1. The molecule has 38 heavy (non-hydrogen) atoms. The lowest BCUT2D eigenvalue weighted by Gasteiger charge is -2.23. The van der Waals surface area contributed by atoms with Crippen LogP contribution in [0.25, 0.3) is 0 Å². The molecule has 0 spiro atoms. The fourth-order valence-corrected chi connectivity index (χ4v) is 3.80. The molecule has 0 saturated carbocycles. The number of rotatable bonds is 14. The molecule has 0 saturated heterocycles. The number of carbonyl (C=O) groups is 3. The van der Waals surface area contributed by atoms with E-state index in [1.54, 1.807) is 13.8 Å². The van der Waals surface area contributed by atoms with E-state index in [2.05, 4.69) is 35.9 Å². The van der Waals surface area contributed by atoms with E-state index in [9.17, 15) is 24.3 Å². The van der Waals surface area contributed by atoms with Gasteiger partial charge in [-0.25, -0.2) is 9.61 Å². The number of amides is 1. The first-order chi connectivity index (χ1) is 18.2. The van der Waals surface area contributed by atoms with Crippen LogP contribution >= 0.6 is 0 Å². The predicted octanol–water partition coefficient (Wildman–Crippen LogP) is 1.38. The highest BCUT2D eigenvalue weighted by Crippen LogP contribution is 2.13. The lowest BCUT2D eigenvalue weighted by Crippen LogP contribution is -2.49. The average molecular weight is 526 g/mol. The SMILES string of the molecule is CCC(C(=O)NC(CC(=O)O)C(=O)CNC(C)c1ccccc1)n1ccnc(NCc2nonc2C)c1=O. The quantitative estimate of drug-likeness (QED) is 0.239. The Morgan fingerprint density at radius 2 is 1.89 bits per heavy atom. The van der Waals surface area contributed by atoms with Gasteiger partial charge in [0.1, 0.15) is 17.4 Å². The topological polar surface area (TPSA) is 181 Å². The van der Waals surface area contributed by atoms with Crippen molar-refractivity contribution < 1.29 is 24.1 Å². The minimum atomic E-state index is -1.28. The second-order valence-corrected chi connectivity index (χ2v) is 8.70. The Balaban J connectivity index is 1.70. The van der Waals surface area contributed by atoms with Crippen LogP contribution in [0.15, 0.2) is 52.1 Å². The summed E-state index contributed by atoms with van der Waals surface area (Å²) in [6.07, 6.45) is 2.34. The summed E-state index contributed by atoms with van der Waals surface area (Å²) in [5.41, 5.74) is 1.45. The van der Waals surface area contributed by atoms with Gasteiger partial charge in [-0.3, -0.25) is 23.7 Å². The maximum atomic E-state index is 13.2. The number of benzene rings is 1. The van der Waals surface area contributed by atoms with Crippen LogP contribution in [-0.4, -0.2) is 55.2 Å². The molecule has 13 heteroatoms. The maximum absolute atomic E-state index is 13.2. The first kappa shape index (κ1) is 28.2. The number of Topliss-reactive ketones (excluding diaryl/α,β-unsaturated/α-hetero) is 1. The first-order valence-corrected chi connectivity index (χ1v) is 12.1. The van der Waals surface area contributed by atoms with Gasteiger partial charge in [-0.15, -0.1) is 0 Å². The van der Waals surface area contributed by atoms with E-state index >= 15 is 0 Å². The van der Waals surface area contributed by atoms with E-state index in [0.29, 0.717) is 11.4 Å². The summed E-state index contributed by atoms with van der Waals surface area (Å²) in [5.74, 6) is -2.39. The number of nitrogens with one attached hydrogen (secondary N) is 3. The molecule has 4 N–H and O–H groups in total. The summed E-state index contributed by atoms with van der Waals surface area (Å²) >= 11 is 0. The molecule has 3 aromatic rings. The van der Waals surface area contributed by atoms with Crippen LogP contribution < -0.4 is 21.5 Å². The summed E-state index contributed by atoms with van der Waals surface area (Å²) in [4.78, 5) is 54.6. The van der Waals surface area contributed by atoms with E-state index in [4.69, 9.17) is 0 Å². The molecule has 202 valence electrons. The van der Waals surface area contributed by atoms with Crippen molar-refractivity contribution >= 4 is 23.5 Å². The molecule has 3 atom stereocenters. The number of carboxylic acid groups (broad SMARTS) is 1. The van der Waals surface area contributed by atoms with Crippen molar-refractivity contribution in [2.24, 2.45) is 0 Å². The molecule has 0 fully saturated rings. The van der Waals surface area contributed by atoms with E-state index in [-0.39, 0.29) is 31.4 Å². The summed E-state index contributed by atoms with van der Waals surface area (Å²) in [6, 6.07) is 7.01. The minimum absolute atomic E-state index is 0.0154. The fraction of sp³-hybridized carbons (Fsp3) is 0.400. The molecule has 3 unspecified atom stereocenters. The Bertz CT molecular complexity index is 1310. The number of carboxylic acids is 1. The van der Waals surface area contributed by atoms with Gasteiger partial charge < -0.3 is 21.1 Å². The molecule has 2 heterocycles. The number of nitrogens with zero attached hydrogens (tertiary/aromatic N) is 4. The number of anilines is 1. The van der Waals surface area contributed by atoms with Crippen LogP contribution in [0.3, 0.4) is 0 Å². The minimum Gasteiger partial charge on any atom is -0.481 e. The highest BCUT2D eigenvalue weighted by atomic mass is 16.6. The van der Waals surface area contributed by atoms with Crippen LogP contribution in [0.1, 0.15) is 55.7 Å². The van der Waals surface area contributed by atoms with Gasteiger partial charge in [-0.2, -0.15) is 0 Å². The smallest absolute Gasteiger partial charge is 0.305 e. The van der Waals surface area contributed by atoms with Gasteiger partial charge in [0.25, 0.3) is 5.56 Å². The highest BCUT2D eigenvalue weighted by Gasteiger charge is 2.28. The Morgan fingerprint density at radius 1 is 1.16 bits per heavy atom. The molecule has 0 radical (unpaired) electrons. The van der Waals surface area contributed by atoms with Gasteiger partial charge in [0.15, 0.2) is 11.6 Å². The number of carbonyl (C=O) groups excluding carboxylic acids is 2. The van der Waals surface area contributed by atoms with Gasteiger partial charge in [0.2, 0.25) is 5.91 Å². The molecule has 1 aromatic carbocycles. The third-order valence-electron chi connectivity index (χ3n) is 6.03. The normalized spacial score (nSPS) is 13.3. The van der Waals surface area contributed by atoms with Gasteiger partial charge in [-0.05, 0) is 25.8 Å².